The predicted molar refractivity (Wildman–Crippen MR) is 59.4 cm³/mol. The van der Waals surface area contributed by atoms with Crippen LogP contribution in [0.2, 0.25) is 0 Å². The van der Waals surface area contributed by atoms with Gasteiger partial charge in [0, 0.05) is 24.5 Å². The minimum atomic E-state index is -0.172. The summed E-state index contributed by atoms with van der Waals surface area (Å²) in [6, 6.07) is 4.57. The van der Waals surface area contributed by atoms with Crippen LogP contribution in [-0.2, 0) is 0 Å². The summed E-state index contributed by atoms with van der Waals surface area (Å²) >= 11 is 0. The maximum atomic E-state index is 9.71. The van der Waals surface area contributed by atoms with Gasteiger partial charge in [-0.15, -0.1) is 0 Å². The van der Waals surface area contributed by atoms with Crippen LogP contribution in [-0.4, -0.2) is 22.2 Å². The van der Waals surface area contributed by atoms with Crippen molar-refractivity contribution in [2.75, 3.05) is 0 Å². The molecule has 1 saturated carbocycles. The van der Waals surface area contributed by atoms with Crippen molar-refractivity contribution in [1.82, 2.24) is 10.3 Å². The van der Waals surface area contributed by atoms with Gasteiger partial charge in [0.2, 0.25) is 0 Å². The molecule has 3 atom stereocenters. The Hall–Kier alpha value is -0.930. The summed E-state index contributed by atoms with van der Waals surface area (Å²) < 4.78 is 0. The van der Waals surface area contributed by atoms with Gasteiger partial charge < -0.3 is 10.4 Å². The minimum Gasteiger partial charge on any atom is -0.392 e. The van der Waals surface area contributed by atoms with Crippen LogP contribution in [0.5, 0.6) is 0 Å². The number of aliphatic hydroxyl groups excluding tert-OH is 1. The Bertz CT molecular complexity index is 302. The first kappa shape index (κ1) is 10.6. The van der Waals surface area contributed by atoms with Crippen LogP contribution in [0.15, 0.2) is 24.5 Å². The zero-order chi connectivity index (χ0) is 10.7. The second kappa shape index (κ2) is 4.73. The number of aliphatic hydroxyl groups is 1. The van der Waals surface area contributed by atoms with E-state index in [4.69, 9.17) is 0 Å². The van der Waals surface area contributed by atoms with Gasteiger partial charge in [0.05, 0.1) is 6.10 Å². The van der Waals surface area contributed by atoms with Crippen LogP contribution in [0.1, 0.15) is 37.8 Å². The van der Waals surface area contributed by atoms with Crippen molar-refractivity contribution in [3.63, 3.8) is 0 Å². The first-order chi connectivity index (χ1) is 7.27. The molecule has 15 heavy (non-hydrogen) atoms. The zero-order valence-corrected chi connectivity index (χ0v) is 9.06. The van der Waals surface area contributed by atoms with Crippen LogP contribution in [0.25, 0.3) is 0 Å². The second-order valence-corrected chi connectivity index (χ2v) is 4.27. The Morgan fingerprint density at radius 3 is 2.73 bits per heavy atom. The number of rotatable bonds is 3. The van der Waals surface area contributed by atoms with Gasteiger partial charge in [-0.3, -0.25) is 4.98 Å². The van der Waals surface area contributed by atoms with Crippen molar-refractivity contribution in [3.05, 3.63) is 30.1 Å². The molecule has 82 valence electrons. The van der Waals surface area contributed by atoms with Crippen molar-refractivity contribution in [1.29, 1.82) is 0 Å². The highest BCUT2D eigenvalue weighted by atomic mass is 16.3. The quantitative estimate of drug-likeness (QED) is 0.790. The fourth-order valence-electron chi connectivity index (χ4n) is 2.20. The van der Waals surface area contributed by atoms with Crippen molar-refractivity contribution in [3.8, 4) is 0 Å². The fourth-order valence-corrected chi connectivity index (χ4v) is 2.20. The van der Waals surface area contributed by atoms with Gasteiger partial charge in [0.25, 0.3) is 0 Å². The Balaban J connectivity index is 1.95. The molecule has 0 bridgehead atoms. The summed E-state index contributed by atoms with van der Waals surface area (Å²) in [5.74, 6) is 0. The summed E-state index contributed by atoms with van der Waals surface area (Å²) in [6.07, 6.45) is 6.57. The molecule has 2 rings (SSSR count). The molecule has 0 spiro atoms. The van der Waals surface area contributed by atoms with Gasteiger partial charge in [-0.05, 0) is 43.9 Å². The van der Waals surface area contributed by atoms with Crippen LogP contribution in [0, 0.1) is 0 Å². The number of aromatic nitrogens is 1. The first-order valence-corrected chi connectivity index (χ1v) is 5.61. The highest BCUT2D eigenvalue weighted by Crippen LogP contribution is 2.22. The van der Waals surface area contributed by atoms with E-state index in [0.717, 1.165) is 19.3 Å². The lowest BCUT2D eigenvalue weighted by Crippen LogP contribution is -2.37. The van der Waals surface area contributed by atoms with E-state index in [1.165, 1.54) is 5.56 Å². The number of hydrogen-bond donors (Lipinski definition) is 2. The van der Waals surface area contributed by atoms with Gasteiger partial charge in [0.15, 0.2) is 0 Å². The summed E-state index contributed by atoms with van der Waals surface area (Å²) in [6.45, 7) is 2.13. The maximum absolute atomic E-state index is 9.71. The average Bonchev–Trinajstić information content (AvgIpc) is 2.66. The molecule has 0 radical (unpaired) electrons. The number of nitrogens with zero attached hydrogens (tertiary/aromatic N) is 1. The molecule has 1 fully saturated rings. The summed E-state index contributed by atoms with van der Waals surface area (Å²) in [5, 5.41) is 13.2. The SMILES string of the molecule is C[C@H](N[C@@H]1CCC[C@H]1O)c1ccncc1. The van der Waals surface area contributed by atoms with Gasteiger partial charge in [-0.25, -0.2) is 0 Å². The topological polar surface area (TPSA) is 45.1 Å². The first-order valence-electron chi connectivity index (χ1n) is 5.61. The molecule has 1 aromatic rings. The molecule has 0 unspecified atom stereocenters. The van der Waals surface area contributed by atoms with Crippen molar-refractivity contribution in [2.45, 2.75) is 44.4 Å². The second-order valence-electron chi connectivity index (χ2n) is 4.27. The van der Waals surface area contributed by atoms with E-state index < -0.39 is 0 Å². The molecule has 1 heterocycles. The van der Waals surface area contributed by atoms with Crippen LogP contribution < -0.4 is 5.32 Å². The van der Waals surface area contributed by atoms with E-state index in [2.05, 4.69) is 17.2 Å². The molecule has 2 N–H and O–H groups in total. The highest BCUT2D eigenvalue weighted by Gasteiger charge is 2.26. The predicted octanol–water partition coefficient (Wildman–Crippen LogP) is 1.65. The number of hydrogen-bond acceptors (Lipinski definition) is 3. The Morgan fingerprint density at radius 1 is 1.40 bits per heavy atom. The molecule has 3 nitrogen and oxygen atoms in total. The number of nitrogens with one attached hydrogen (secondary N) is 1. The van der Waals surface area contributed by atoms with E-state index in [1.54, 1.807) is 12.4 Å². The lowest BCUT2D eigenvalue weighted by molar-refractivity contribution is 0.144. The molecule has 0 aliphatic heterocycles. The van der Waals surface area contributed by atoms with Crippen molar-refractivity contribution in [2.24, 2.45) is 0 Å². The van der Waals surface area contributed by atoms with Crippen LogP contribution in [0.3, 0.4) is 0 Å². The molecule has 1 aliphatic rings. The third-order valence-corrected chi connectivity index (χ3v) is 3.15. The van der Waals surface area contributed by atoms with Crippen molar-refractivity contribution >= 4 is 0 Å². The molecule has 0 saturated heterocycles. The van der Waals surface area contributed by atoms with Gasteiger partial charge >= 0.3 is 0 Å². The summed E-state index contributed by atoms with van der Waals surface area (Å²) in [5.41, 5.74) is 1.23. The largest absolute Gasteiger partial charge is 0.392 e. The summed E-state index contributed by atoms with van der Waals surface area (Å²) in [4.78, 5) is 4.00. The Labute approximate surface area is 90.5 Å². The van der Waals surface area contributed by atoms with E-state index >= 15 is 0 Å². The Morgan fingerprint density at radius 2 is 2.13 bits per heavy atom. The monoisotopic (exact) mass is 206 g/mol. The van der Waals surface area contributed by atoms with Gasteiger partial charge in [-0.1, -0.05) is 0 Å². The fraction of sp³-hybridized carbons (Fsp3) is 0.583. The normalized spacial score (nSPS) is 27.9. The van der Waals surface area contributed by atoms with E-state index in [1.807, 2.05) is 12.1 Å². The molecule has 1 aliphatic carbocycles. The molecule has 0 amide bonds. The minimum absolute atomic E-state index is 0.172. The molecule has 3 heteroatoms. The molecular weight excluding hydrogens is 188 g/mol. The lowest BCUT2D eigenvalue weighted by Gasteiger charge is -2.22. The zero-order valence-electron chi connectivity index (χ0n) is 9.06. The highest BCUT2D eigenvalue weighted by molar-refractivity contribution is 5.14. The van der Waals surface area contributed by atoms with Crippen LogP contribution >= 0.6 is 0 Å². The summed E-state index contributed by atoms with van der Waals surface area (Å²) in [7, 11) is 0. The lowest BCUT2D eigenvalue weighted by atomic mass is 10.1. The van der Waals surface area contributed by atoms with Crippen molar-refractivity contribution < 1.29 is 5.11 Å². The van der Waals surface area contributed by atoms with E-state index in [-0.39, 0.29) is 18.2 Å². The molecule has 0 aromatic carbocycles. The third-order valence-electron chi connectivity index (χ3n) is 3.15. The average molecular weight is 206 g/mol. The standard InChI is InChI=1S/C12H18N2O/c1-9(10-5-7-13-8-6-10)14-11-3-2-4-12(11)15/h5-9,11-12,14-15H,2-4H2,1H3/t9-,11+,12+/m0/s1. The van der Waals surface area contributed by atoms with Crippen LogP contribution in [0.4, 0.5) is 0 Å². The van der Waals surface area contributed by atoms with E-state index in [0.29, 0.717) is 0 Å². The number of pyridine rings is 1. The molecule has 1 aromatic heterocycles. The molecular formula is C12H18N2O. The third kappa shape index (κ3) is 2.55. The van der Waals surface area contributed by atoms with Gasteiger partial charge in [-0.2, -0.15) is 0 Å². The van der Waals surface area contributed by atoms with E-state index in [9.17, 15) is 5.11 Å². The van der Waals surface area contributed by atoms with Gasteiger partial charge in [0.1, 0.15) is 0 Å². The maximum Gasteiger partial charge on any atom is 0.0693 e. The Kier molecular flexibility index (Phi) is 3.34. The smallest absolute Gasteiger partial charge is 0.0693 e.